The zero-order valence-corrected chi connectivity index (χ0v) is 29.9. The van der Waals surface area contributed by atoms with Crippen LogP contribution in [0.3, 0.4) is 0 Å². The molecule has 0 spiro atoms. The number of rotatable bonds is 10. The minimum Gasteiger partial charge on any atom is -0.298 e. The third-order valence-corrected chi connectivity index (χ3v) is 12.2. The van der Waals surface area contributed by atoms with Crippen LogP contribution in [0, 0.1) is 0 Å². The van der Waals surface area contributed by atoms with E-state index < -0.39 is 0 Å². The topological polar surface area (TPSA) is 51.2 Å². The molecule has 2 aromatic heterocycles. The van der Waals surface area contributed by atoms with Gasteiger partial charge in [-0.25, -0.2) is 0 Å². The normalized spacial score (nSPS) is 13.2. The van der Waals surface area contributed by atoms with Crippen molar-refractivity contribution in [2.24, 2.45) is 0 Å². The van der Waals surface area contributed by atoms with Crippen LogP contribution in [0.5, 0.6) is 0 Å². The summed E-state index contributed by atoms with van der Waals surface area (Å²) in [6.07, 6.45) is 0. The molecular formula is C33H22Br4O3S2. The largest absolute Gasteiger partial charge is 0.298 e. The van der Waals surface area contributed by atoms with Gasteiger partial charge in [-0.2, -0.15) is 0 Å². The van der Waals surface area contributed by atoms with Crippen LogP contribution in [0.1, 0.15) is 43.7 Å². The first-order chi connectivity index (χ1) is 20.4. The first-order valence-electron chi connectivity index (χ1n) is 13.1. The minimum absolute atomic E-state index is 0.0594. The molecule has 0 saturated carbocycles. The van der Waals surface area contributed by atoms with Crippen LogP contribution in [0.15, 0.2) is 72.8 Å². The highest BCUT2D eigenvalue weighted by molar-refractivity contribution is 9.10. The maximum absolute atomic E-state index is 14.1. The quantitative estimate of drug-likeness (QED) is 0.102. The summed E-state index contributed by atoms with van der Waals surface area (Å²) in [5.41, 5.74) is 3.35. The molecule has 9 heteroatoms. The SMILES string of the molecule is O=C(CBr)c1ccc2c(c1)sc1cc(C(CBr)C(=O)C(CBr)c3ccc4c(c3)sc3cc(C(=O)CBr)ccc34)ccc12. The van der Waals surface area contributed by atoms with E-state index in [1.807, 2.05) is 36.4 Å². The molecular weight excluding hydrogens is 828 g/mol. The van der Waals surface area contributed by atoms with Crippen LogP contribution in [0.25, 0.3) is 40.3 Å². The molecule has 42 heavy (non-hydrogen) atoms. The van der Waals surface area contributed by atoms with E-state index >= 15 is 0 Å². The number of fused-ring (bicyclic) bond motifs is 6. The third-order valence-electron chi connectivity index (χ3n) is 7.68. The Morgan fingerprint density at radius 3 is 1.24 bits per heavy atom. The highest BCUT2D eigenvalue weighted by Crippen LogP contribution is 2.40. The maximum Gasteiger partial charge on any atom is 0.173 e. The van der Waals surface area contributed by atoms with Crippen molar-refractivity contribution >= 4 is 144 Å². The van der Waals surface area contributed by atoms with Gasteiger partial charge in [-0.05, 0) is 35.4 Å². The number of hydrogen-bond acceptors (Lipinski definition) is 5. The Labute approximate surface area is 284 Å². The van der Waals surface area contributed by atoms with Crippen LogP contribution in [-0.4, -0.2) is 38.7 Å². The van der Waals surface area contributed by atoms with Crippen molar-refractivity contribution in [3.05, 3.63) is 95.1 Å². The van der Waals surface area contributed by atoms with Crippen molar-refractivity contribution < 1.29 is 14.4 Å². The van der Waals surface area contributed by atoms with Gasteiger partial charge in [0.1, 0.15) is 5.78 Å². The van der Waals surface area contributed by atoms with Crippen LogP contribution in [0.4, 0.5) is 0 Å². The van der Waals surface area contributed by atoms with Gasteiger partial charge in [-0.15, -0.1) is 22.7 Å². The first-order valence-corrected chi connectivity index (χ1v) is 19.2. The third kappa shape index (κ3) is 5.50. The van der Waals surface area contributed by atoms with Crippen molar-refractivity contribution in [2.75, 3.05) is 21.3 Å². The molecule has 0 aliphatic rings. The van der Waals surface area contributed by atoms with Crippen LogP contribution >= 0.6 is 86.4 Å². The molecule has 0 saturated heterocycles. The van der Waals surface area contributed by atoms with E-state index in [1.165, 1.54) is 0 Å². The lowest BCUT2D eigenvalue weighted by molar-refractivity contribution is -0.121. The molecule has 2 heterocycles. The van der Waals surface area contributed by atoms with E-state index in [0.717, 1.165) is 51.5 Å². The summed E-state index contributed by atoms with van der Waals surface area (Å²) < 4.78 is 4.33. The Morgan fingerprint density at radius 2 is 0.881 bits per heavy atom. The second kappa shape index (κ2) is 12.7. The van der Waals surface area contributed by atoms with Gasteiger partial charge in [0.05, 0.1) is 22.5 Å². The molecule has 0 aliphatic carbocycles. The lowest BCUT2D eigenvalue weighted by Gasteiger charge is -2.21. The van der Waals surface area contributed by atoms with E-state index in [9.17, 15) is 14.4 Å². The molecule has 0 bridgehead atoms. The standard InChI is InChI=1S/C33H22Br4O3S2/c34-13-25(17-1-5-21-23-7-3-19(27(38)15-36)11-31(23)41-29(21)9-17)33(40)26(14-35)18-2-6-22-24-8-4-20(28(39)16-37)12-32(24)42-30(22)10-18/h1-12,25-26H,13-16H2. The van der Waals surface area contributed by atoms with Gasteiger partial charge in [0, 0.05) is 62.1 Å². The Bertz CT molecular complexity index is 1880. The predicted molar refractivity (Wildman–Crippen MR) is 193 cm³/mol. The van der Waals surface area contributed by atoms with Crippen molar-refractivity contribution in [1.82, 2.24) is 0 Å². The van der Waals surface area contributed by atoms with E-state index in [1.54, 1.807) is 22.7 Å². The summed E-state index contributed by atoms with van der Waals surface area (Å²) in [4.78, 5) is 38.5. The average Bonchev–Trinajstić information content (AvgIpc) is 3.57. The first kappa shape index (κ1) is 30.3. The summed E-state index contributed by atoms with van der Waals surface area (Å²) in [7, 11) is 0. The molecule has 3 nitrogen and oxygen atoms in total. The van der Waals surface area contributed by atoms with Gasteiger partial charge < -0.3 is 0 Å². The summed E-state index contributed by atoms with van der Waals surface area (Å²) in [5, 5.41) is 6.13. The number of benzene rings is 4. The Kier molecular flexibility index (Phi) is 9.16. The lowest BCUT2D eigenvalue weighted by atomic mass is 9.85. The number of ketones is 3. The summed E-state index contributed by atoms with van der Waals surface area (Å²) in [6, 6.07) is 24.3. The minimum atomic E-state index is -0.316. The van der Waals surface area contributed by atoms with Gasteiger partial charge >= 0.3 is 0 Å². The van der Waals surface area contributed by atoms with E-state index in [0.29, 0.717) is 32.4 Å². The van der Waals surface area contributed by atoms with Gasteiger partial charge in [-0.3, -0.25) is 14.4 Å². The van der Waals surface area contributed by atoms with Crippen molar-refractivity contribution in [3.8, 4) is 0 Å². The number of Topliss-reactive ketones (excluding diaryl/α,β-unsaturated/α-hetero) is 3. The Balaban J connectivity index is 1.34. The Hall–Kier alpha value is -1.75. The summed E-state index contributed by atoms with van der Waals surface area (Å²) in [5.74, 6) is -0.361. The maximum atomic E-state index is 14.1. The van der Waals surface area contributed by atoms with Crippen LogP contribution in [-0.2, 0) is 4.79 Å². The smallest absolute Gasteiger partial charge is 0.173 e. The van der Waals surface area contributed by atoms with Gasteiger partial charge in [-0.1, -0.05) is 112 Å². The number of carbonyl (C=O) groups excluding carboxylic acids is 3. The van der Waals surface area contributed by atoms with Gasteiger partial charge in [0.2, 0.25) is 0 Å². The molecule has 6 aromatic rings. The van der Waals surface area contributed by atoms with Crippen molar-refractivity contribution in [3.63, 3.8) is 0 Å². The summed E-state index contributed by atoms with van der Waals surface area (Å²) in [6.45, 7) is 0. The fourth-order valence-electron chi connectivity index (χ4n) is 5.42. The molecule has 0 amide bonds. The van der Waals surface area contributed by atoms with Crippen LogP contribution < -0.4 is 0 Å². The molecule has 0 aliphatic heterocycles. The highest BCUT2D eigenvalue weighted by atomic mass is 79.9. The fraction of sp³-hybridized carbons (Fsp3) is 0.182. The lowest BCUT2D eigenvalue weighted by Crippen LogP contribution is -2.23. The van der Waals surface area contributed by atoms with Gasteiger partial charge in [0.25, 0.3) is 0 Å². The molecule has 0 radical (unpaired) electrons. The van der Waals surface area contributed by atoms with Crippen molar-refractivity contribution in [1.29, 1.82) is 0 Å². The molecule has 6 rings (SSSR count). The van der Waals surface area contributed by atoms with Gasteiger partial charge in [0.15, 0.2) is 11.6 Å². The van der Waals surface area contributed by atoms with E-state index in [2.05, 4.69) is 100 Å². The average molecular weight is 850 g/mol. The molecule has 0 fully saturated rings. The number of carbonyl (C=O) groups is 3. The molecule has 2 atom stereocenters. The second-order valence-electron chi connectivity index (χ2n) is 10.1. The Morgan fingerprint density at radius 1 is 0.524 bits per heavy atom. The zero-order valence-electron chi connectivity index (χ0n) is 22.0. The van der Waals surface area contributed by atoms with Crippen molar-refractivity contribution in [2.45, 2.75) is 11.8 Å². The van der Waals surface area contributed by atoms with E-state index in [4.69, 9.17) is 0 Å². The molecule has 2 unspecified atom stereocenters. The monoisotopic (exact) mass is 846 g/mol. The fourth-order valence-corrected chi connectivity index (χ4v) is 9.84. The summed E-state index contributed by atoms with van der Waals surface area (Å²) >= 11 is 17.1. The van der Waals surface area contributed by atoms with E-state index in [-0.39, 0.29) is 29.2 Å². The zero-order chi connectivity index (χ0) is 29.5. The molecule has 0 N–H and O–H groups in total. The molecule has 4 aromatic carbocycles. The van der Waals surface area contributed by atoms with Crippen LogP contribution in [0.2, 0.25) is 0 Å². The highest BCUT2D eigenvalue weighted by Gasteiger charge is 2.29. The number of thiophene rings is 2. The second-order valence-corrected chi connectivity index (χ2v) is 14.7. The molecule has 212 valence electrons. The predicted octanol–water partition coefficient (Wildman–Crippen LogP) is 10.8. The number of alkyl halides is 4. The number of halogens is 4. The number of hydrogen-bond donors (Lipinski definition) is 0.